The summed E-state index contributed by atoms with van der Waals surface area (Å²) in [6.45, 7) is 5.74. The molecule has 0 spiro atoms. The van der Waals surface area contributed by atoms with E-state index in [2.05, 4.69) is 77.4 Å². The molecule has 0 saturated heterocycles. The Balaban J connectivity index is 1.69. The van der Waals surface area contributed by atoms with Gasteiger partial charge in [-0.25, -0.2) is 9.97 Å². The normalized spacial score (nSPS) is 10.9. The third-order valence-electron chi connectivity index (χ3n) is 3.75. The maximum atomic E-state index is 4.09. The average molecular weight is 302 g/mol. The molecule has 1 radical (unpaired) electrons. The summed E-state index contributed by atoms with van der Waals surface area (Å²) < 4.78 is 0. The quantitative estimate of drug-likeness (QED) is 0.714. The van der Waals surface area contributed by atoms with Gasteiger partial charge in [0.1, 0.15) is 6.33 Å². The van der Waals surface area contributed by atoms with Crippen LogP contribution in [0, 0.1) is 6.92 Å². The number of hydrogen-bond acceptors (Lipinski definition) is 3. The predicted molar refractivity (Wildman–Crippen MR) is 93.5 cm³/mol. The number of benzene rings is 2. The molecule has 0 bridgehead atoms. The zero-order chi connectivity index (χ0) is 16.1. The Labute approximate surface area is 137 Å². The van der Waals surface area contributed by atoms with E-state index in [9.17, 15) is 0 Å². The lowest BCUT2D eigenvalue weighted by atomic mass is 10.1. The largest absolute Gasteiger partial charge is 0.298 e. The number of nitrogens with zero attached hydrogens (tertiary/aromatic N) is 3. The zero-order valence-corrected chi connectivity index (χ0v) is 13.3. The first-order chi connectivity index (χ1) is 11.2. The summed E-state index contributed by atoms with van der Waals surface area (Å²) in [5, 5.41) is 0. The summed E-state index contributed by atoms with van der Waals surface area (Å²) in [7, 11) is 2.14. The van der Waals surface area contributed by atoms with E-state index in [4.69, 9.17) is 0 Å². The summed E-state index contributed by atoms with van der Waals surface area (Å²) in [5.74, 6) is 0. The Morgan fingerprint density at radius 2 is 1.57 bits per heavy atom. The van der Waals surface area contributed by atoms with E-state index in [0.29, 0.717) is 0 Å². The third-order valence-corrected chi connectivity index (χ3v) is 3.75. The summed E-state index contributed by atoms with van der Waals surface area (Å²) in [6, 6.07) is 16.9. The Bertz CT molecular complexity index is 751. The highest BCUT2D eigenvalue weighted by molar-refractivity contribution is 5.62. The first-order valence-corrected chi connectivity index (χ1v) is 7.64. The minimum absolute atomic E-state index is 0.896. The van der Waals surface area contributed by atoms with Crippen LogP contribution in [0.4, 0.5) is 0 Å². The van der Waals surface area contributed by atoms with Crippen LogP contribution in [-0.4, -0.2) is 21.9 Å². The Morgan fingerprint density at radius 3 is 2.30 bits per heavy atom. The van der Waals surface area contributed by atoms with Crippen LogP contribution in [0.1, 0.15) is 16.7 Å². The second-order valence-corrected chi connectivity index (χ2v) is 5.82. The summed E-state index contributed by atoms with van der Waals surface area (Å²) >= 11 is 0. The van der Waals surface area contributed by atoms with Gasteiger partial charge in [0.25, 0.3) is 0 Å². The number of rotatable bonds is 5. The van der Waals surface area contributed by atoms with Gasteiger partial charge < -0.3 is 0 Å². The van der Waals surface area contributed by atoms with Crippen LogP contribution < -0.4 is 0 Å². The van der Waals surface area contributed by atoms with Gasteiger partial charge in [0.05, 0.1) is 0 Å². The number of hydrogen-bond donors (Lipinski definition) is 0. The van der Waals surface area contributed by atoms with Crippen LogP contribution >= 0.6 is 0 Å². The SMILES string of the molecule is [CH2]c1ccc(CN(C)Cc2cccc(-c3cncnc3)c2)cc1. The molecule has 0 saturated carbocycles. The molecule has 0 aliphatic heterocycles. The Morgan fingerprint density at radius 1 is 0.870 bits per heavy atom. The lowest BCUT2D eigenvalue weighted by Gasteiger charge is -2.17. The van der Waals surface area contributed by atoms with Crippen LogP contribution in [0.2, 0.25) is 0 Å². The van der Waals surface area contributed by atoms with E-state index < -0.39 is 0 Å². The van der Waals surface area contributed by atoms with Gasteiger partial charge in [-0.15, -0.1) is 0 Å². The van der Waals surface area contributed by atoms with Crippen LogP contribution in [-0.2, 0) is 13.1 Å². The van der Waals surface area contributed by atoms with E-state index in [1.165, 1.54) is 11.1 Å². The van der Waals surface area contributed by atoms with Gasteiger partial charge in [-0.2, -0.15) is 0 Å². The van der Waals surface area contributed by atoms with Crippen LogP contribution in [0.3, 0.4) is 0 Å². The molecule has 0 fully saturated rings. The molecule has 0 aliphatic rings. The summed E-state index contributed by atoms with van der Waals surface area (Å²) in [4.78, 5) is 10.5. The lowest BCUT2D eigenvalue weighted by molar-refractivity contribution is 0.319. The van der Waals surface area contributed by atoms with Gasteiger partial charge in [-0.05, 0) is 42.3 Å². The zero-order valence-electron chi connectivity index (χ0n) is 13.3. The first kappa shape index (κ1) is 15.4. The van der Waals surface area contributed by atoms with Crippen molar-refractivity contribution in [1.29, 1.82) is 0 Å². The van der Waals surface area contributed by atoms with Gasteiger partial charge in [0.15, 0.2) is 0 Å². The molecule has 2 aromatic carbocycles. The fourth-order valence-electron chi connectivity index (χ4n) is 2.62. The van der Waals surface area contributed by atoms with Crippen molar-refractivity contribution in [3.05, 3.63) is 90.9 Å². The van der Waals surface area contributed by atoms with E-state index in [1.807, 2.05) is 12.4 Å². The molecule has 0 N–H and O–H groups in total. The van der Waals surface area contributed by atoms with Gasteiger partial charge in [0, 0.05) is 31.0 Å². The third kappa shape index (κ3) is 4.24. The average Bonchev–Trinajstić information content (AvgIpc) is 2.58. The monoisotopic (exact) mass is 302 g/mol. The van der Waals surface area contributed by atoms with Crippen molar-refractivity contribution >= 4 is 0 Å². The highest BCUT2D eigenvalue weighted by Crippen LogP contribution is 2.19. The highest BCUT2D eigenvalue weighted by atomic mass is 15.1. The van der Waals surface area contributed by atoms with Crippen LogP contribution in [0.5, 0.6) is 0 Å². The van der Waals surface area contributed by atoms with Crippen molar-refractivity contribution in [1.82, 2.24) is 14.9 Å². The molecule has 3 aromatic rings. The predicted octanol–water partition coefficient (Wildman–Crippen LogP) is 3.96. The van der Waals surface area contributed by atoms with Crippen molar-refractivity contribution in [3.8, 4) is 11.1 Å². The van der Waals surface area contributed by atoms with Gasteiger partial charge in [-0.3, -0.25) is 4.90 Å². The number of aromatic nitrogens is 2. The van der Waals surface area contributed by atoms with Gasteiger partial charge in [-0.1, -0.05) is 42.5 Å². The van der Waals surface area contributed by atoms with E-state index >= 15 is 0 Å². The van der Waals surface area contributed by atoms with Gasteiger partial charge in [0.2, 0.25) is 0 Å². The summed E-state index contributed by atoms with van der Waals surface area (Å²) in [6.07, 6.45) is 5.24. The molecular formula is C20H20N3. The highest BCUT2D eigenvalue weighted by Gasteiger charge is 2.04. The molecule has 0 unspecified atom stereocenters. The smallest absolute Gasteiger partial charge is 0.115 e. The van der Waals surface area contributed by atoms with E-state index in [1.54, 1.807) is 6.33 Å². The van der Waals surface area contributed by atoms with E-state index in [-0.39, 0.29) is 0 Å². The fourth-order valence-corrected chi connectivity index (χ4v) is 2.62. The molecule has 0 amide bonds. The second-order valence-electron chi connectivity index (χ2n) is 5.82. The molecule has 115 valence electrons. The Kier molecular flexibility index (Phi) is 4.79. The van der Waals surface area contributed by atoms with Gasteiger partial charge >= 0.3 is 0 Å². The molecule has 0 aliphatic carbocycles. The van der Waals surface area contributed by atoms with Crippen LogP contribution in [0.25, 0.3) is 11.1 Å². The molecule has 1 aromatic heterocycles. The van der Waals surface area contributed by atoms with Crippen LogP contribution in [0.15, 0.2) is 67.3 Å². The Hall–Kier alpha value is -2.52. The molecule has 23 heavy (non-hydrogen) atoms. The fraction of sp³-hybridized carbons (Fsp3) is 0.150. The molecule has 3 nitrogen and oxygen atoms in total. The van der Waals surface area contributed by atoms with Crippen molar-refractivity contribution in [3.63, 3.8) is 0 Å². The lowest BCUT2D eigenvalue weighted by Crippen LogP contribution is -2.17. The minimum atomic E-state index is 0.896. The standard InChI is InChI=1S/C20H20N3/c1-16-6-8-17(9-7-16)13-23(2)14-18-4-3-5-19(10-18)20-11-21-15-22-12-20/h3-12,15H,1,13-14H2,2H3. The van der Waals surface area contributed by atoms with Crippen molar-refractivity contribution in [2.75, 3.05) is 7.05 Å². The maximum absolute atomic E-state index is 4.09. The topological polar surface area (TPSA) is 29.0 Å². The molecule has 1 heterocycles. The summed E-state index contributed by atoms with van der Waals surface area (Å²) in [5.41, 5.74) is 5.82. The van der Waals surface area contributed by atoms with Crippen molar-refractivity contribution in [2.45, 2.75) is 13.1 Å². The van der Waals surface area contributed by atoms with Crippen molar-refractivity contribution < 1.29 is 0 Å². The maximum Gasteiger partial charge on any atom is 0.115 e. The molecule has 0 atom stereocenters. The van der Waals surface area contributed by atoms with Crippen molar-refractivity contribution in [2.24, 2.45) is 0 Å². The second kappa shape index (κ2) is 7.16. The molecule has 3 heteroatoms. The minimum Gasteiger partial charge on any atom is -0.298 e. The molecular weight excluding hydrogens is 282 g/mol. The molecule has 3 rings (SSSR count). The van der Waals surface area contributed by atoms with E-state index in [0.717, 1.165) is 29.8 Å². The first-order valence-electron chi connectivity index (χ1n) is 7.64.